The second-order valence-electron chi connectivity index (χ2n) is 9.16. The first-order valence-electron chi connectivity index (χ1n) is 11.5. The zero-order valence-electron chi connectivity index (χ0n) is 20.3. The molecule has 0 spiro atoms. The van der Waals surface area contributed by atoms with Gasteiger partial charge in [0, 0.05) is 16.5 Å². The van der Waals surface area contributed by atoms with Crippen LogP contribution in [-0.2, 0) is 10.2 Å². The van der Waals surface area contributed by atoms with Crippen molar-refractivity contribution in [1.29, 1.82) is 0 Å². The summed E-state index contributed by atoms with van der Waals surface area (Å²) in [5.41, 5.74) is 5.84. The van der Waals surface area contributed by atoms with Crippen LogP contribution in [0.4, 0.5) is 5.13 Å². The Labute approximate surface area is 209 Å². The molecule has 0 aliphatic carbocycles. The Morgan fingerprint density at radius 1 is 0.914 bits per heavy atom. The average molecular weight is 485 g/mol. The number of carbonyl (C=O) groups is 2. The Balaban J connectivity index is 1.51. The van der Waals surface area contributed by atoms with Crippen LogP contribution in [0.25, 0.3) is 22.4 Å². The van der Waals surface area contributed by atoms with Crippen molar-refractivity contribution in [2.45, 2.75) is 33.1 Å². The lowest BCUT2D eigenvalue weighted by atomic mass is 9.86. The largest absolute Gasteiger partial charge is 0.462 e. The summed E-state index contributed by atoms with van der Waals surface area (Å²) in [5.74, 6) is -0.559. The molecule has 4 rings (SSSR count). The van der Waals surface area contributed by atoms with Crippen LogP contribution in [0.2, 0.25) is 0 Å². The summed E-state index contributed by atoms with van der Waals surface area (Å²) in [6.07, 6.45) is 0. The third-order valence-corrected chi connectivity index (χ3v) is 6.41. The van der Waals surface area contributed by atoms with Crippen molar-refractivity contribution in [3.8, 4) is 22.4 Å². The van der Waals surface area contributed by atoms with Crippen molar-refractivity contribution in [1.82, 2.24) is 4.98 Å². The van der Waals surface area contributed by atoms with Gasteiger partial charge in [-0.25, -0.2) is 9.78 Å². The molecule has 1 aromatic heterocycles. The molecule has 0 radical (unpaired) electrons. The molecular formula is C29H28N2O3S. The molecule has 5 nitrogen and oxygen atoms in total. The van der Waals surface area contributed by atoms with Gasteiger partial charge in [0.25, 0.3) is 5.91 Å². The van der Waals surface area contributed by atoms with Gasteiger partial charge in [0.15, 0.2) is 5.13 Å². The van der Waals surface area contributed by atoms with Crippen LogP contribution in [0.15, 0.2) is 78.2 Å². The van der Waals surface area contributed by atoms with E-state index >= 15 is 0 Å². The van der Waals surface area contributed by atoms with Crippen molar-refractivity contribution >= 4 is 28.3 Å². The minimum atomic E-state index is -0.350. The zero-order chi connectivity index (χ0) is 25.0. The first kappa shape index (κ1) is 24.4. The van der Waals surface area contributed by atoms with E-state index in [1.165, 1.54) is 16.9 Å². The van der Waals surface area contributed by atoms with Gasteiger partial charge in [-0.1, -0.05) is 75.4 Å². The van der Waals surface area contributed by atoms with E-state index in [2.05, 4.69) is 55.3 Å². The van der Waals surface area contributed by atoms with Gasteiger partial charge in [-0.05, 0) is 47.2 Å². The van der Waals surface area contributed by atoms with Gasteiger partial charge in [-0.2, -0.15) is 0 Å². The summed E-state index contributed by atoms with van der Waals surface area (Å²) >= 11 is 1.36. The van der Waals surface area contributed by atoms with Crippen LogP contribution < -0.4 is 5.32 Å². The van der Waals surface area contributed by atoms with E-state index in [9.17, 15) is 9.59 Å². The zero-order valence-corrected chi connectivity index (χ0v) is 21.1. The second kappa shape index (κ2) is 10.2. The number of hydrogen-bond acceptors (Lipinski definition) is 5. The van der Waals surface area contributed by atoms with Gasteiger partial charge >= 0.3 is 5.97 Å². The molecule has 1 N–H and O–H groups in total. The number of ether oxygens (including phenoxy) is 1. The number of amides is 1. The van der Waals surface area contributed by atoms with Gasteiger partial charge < -0.3 is 4.74 Å². The molecule has 3 aromatic carbocycles. The van der Waals surface area contributed by atoms with Crippen molar-refractivity contribution < 1.29 is 14.3 Å². The van der Waals surface area contributed by atoms with E-state index in [-0.39, 0.29) is 17.3 Å². The smallest absolute Gasteiger partial charge is 0.338 e. The van der Waals surface area contributed by atoms with E-state index in [1.807, 2.05) is 41.8 Å². The third kappa shape index (κ3) is 5.66. The van der Waals surface area contributed by atoms with E-state index in [0.717, 1.165) is 22.4 Å². The number of hydrogen-bond donors (Lipinski definition) is 1. The van der Waals surface area contributed by atoms with E-state index < -0.39 is 0 Å². The summed E-state index contributed by atoms with van der Waals surface area (Å²) in [7, 11) is 0. The number of nitrogens with one attached hydrogen (secondary N) is 1. The summed E-state index contributed by atoms with van der Waals surface area (Å²) in [6.45, 7) is 8.65. The molecule has 178 valence electrons. The van der Waals surface area contributed by atoms with Crippen LogP contribution in [0, 0.1) is 0 Å². The van der Waals surface area contributed by atoms with Crippen molar-refractivity contribution in [2.75, 3.05) is 11.9 Å². The molecule has 35 heavy (non-hydrogen) atoms. The van der Waals surface area contributed by atoms with E-state index in [4.69, 9.17) is 4.74 Å². The number of esters is 1. The standard InChI is InChI=1S/C29H28N2O3S/c1-5-34-27(33)21-12-10-20(11-13-21)25-18-35-28(30-25)31-26(32)24-9-7-6-8-23(24)19-14-16-22(17-15-19)29(2,3)4/h6-18H,5H2,1-4H3,(H,30,31,32). The number of thiazole rings is 1. The average Bonchev–Trinajstić information content (AvgIpc) is 3.32. The predicted octanol–water partition coefficient (Wildman–Crippen LogP) is 7.20. The van der Waals surface area contributed by atoms with E-state index in [0.29, 0.717) is 22.9 Å². The monoisotopic (exact) mass is 484 g/mol. The second-order valence-corrected chi connectivity index (χ2v) is 10.0. The highest BCUT2D eigenvalue weighted by atomic mass is 32.1. The van der Waals surface area contributed by atoms with E-state index in [1.54, 1.807) is 19.1 Å². The molecule has 1 heterocycles. The summed E-state index contributed by atoms with van der Waals surface area (Å²) in [4.78, 5) is 29.6. The molecule has 0 unspecified atom stereocenters. The normalized spacial score (nSPS) is 11.2. The van der Waals surface area contributed by atoms with Crippen molar-refractivity contribution in [3.63, 3.8) is 0 Å². The predicted molar refractivity (Wildman–Crippen MR) is 142 cm³/mol. The topological polar surface area (TPSA) is 68.3 Å². The van der Waals surface area contributed by atoms with Crippen molar-refractivity contribution in [3.05, 3.63) is 94.9 Å². The Morgan fingerprint density at radius 2 is 1.57 bits per heavy atom. The maximum atomic E-state index is 13.2. The summed E-state index contributed by atoms with van der Waals surface area (Å²) in [5, 5.41) is 5.33. The highest BCUT2D eigenvalue weighted by Crippen LogP contribution is 2.30. The first-order valence-corrected chi connectivity index (χ1v) is 12.4. The quantitative estimate of drug-likeness (QED) is 0.294. The van der Waals surface area contributed by atoms with Gasteiger partial charge in [0.2, 0.25) is 0 Å². The Kier molecular flexibility index (Phi) is 7.12. The van der Waals surface area contributed by atoms with Crippen LogP contribution >= 0.6 is 11.3 Å². The van der Waals surface area contributed by atoms with Crippen LogP contribution in [-0.4, -0.2) is 23.5 Å². The molecular weight excluding hydrogens is 456 g/mol. The summed E-state index contributed by atoms with van der Waals surface area (Å²) in [6, 6.07) is 23.0. The van der Waals surface area contributed by atoms with Crippen LogP contribution in [0.5, 0.6) is 0 Å². The lowest BCUT2D eigenvalue weighted by Crippen LogP contribution is -2.13. The molecule has 0 atom stereocenters. The molecule has 0 fully saturated rings. The highest BCUT2D eigenvalue weighted by molar-refractivity contribution is 7.14. The summed E-state index contributed by atoms with van der Waals surface area (Å²) < 4.78 is 5.03. The lowest BCUT2D eigenvalue weighted by Gasteiger charge is -2.19. The number of benzene rings is 3. The fourth-order valence-electron chi connectivity index (χ4n) is 3.70. The fourth-order valence-corrected chi connectivity index (χ4v) is 4.42. The number of aromatic nitrogens is 1. The Hall–Kier alpha value is -3.77. The number of anilines is 1. The number of rotatable bonds is 6. The van der Waals surface area contributed by atoms with Crippen LogP contribution in [0.3, 0.4) is 0 Å². The molecule has 1 amide bonds. The minimum absolute atomic E-state index is 0.0666. The third-order valence-electron chi connectivity index (χ3n) is 5.65. The first-order chi connectivity index (χ1) is 16.8. The van der Waals surface area contributed by atoms with Crippen LogP contribution in [0.1, 0.15) is 54.0 Å². The van der Waals surface area contributed by atoms with Gasteiger partial charge in [-0.3, -0.25) is 10.1 Å². The number of nitrogens with zero attached hydrogens (tertiary/aromatic N) is 1. The van der Waals surface area contributed by atoms with Gasteiger partial charge in [0.05, 0.1) is 17.9 Å². The van der Waals surface area contributed by atoms with Crippen molar-refractivity contribution in [2.24, 2.45) is 0 Å². The highest BCUT2D eigenvalue weighted by Gasteiger charge is 2.17. The number of carbonyl (C=O) groups excluding carboxylic acids is 2. The molecule has 0 aliphatic heterocycles. The molecule has 0 saturated heterocycles. The lowest BCUT2D eigenvalue weighted by molar-refractivity contribution is 0.0526. The maximum Gasteiger partial charge on any atom is 0.338 e. The SMILES string of the molecule is CCOC(=O)c1ccc(-c2csc(NC(=O)c3ccccc3-c3ccc(C(C)(C)C)cc3)n2)cc1. The minimum Gasteiger partial charge on any atom is -0.462 e. The molecule has 0 bridgehead atoms. The molecule has 0 aliphatic rings. The Bertz CT molecular complexity index is 1330. The molecule has 6 heteroatoms. The Morgan fingerprint density at radius 3 is 2.23 bits per heavy atom. The molecule has 4 aromatic rings. The van der Waals surface area contributed by atoms with Gasteiger partial charge in [0.1, 0.15) is 0 Å². The maximum absolute atomic E-state index is 13.2. The fraction of sp³-hybridized carbons (Fsp3) is 0.207. The van der Waals surface area contributed by atoms with Gasteiger partial charge in [-0.15, -0.1) is 11.3 Å². The molecule has 0 saturated carbocycles.